The van der Waals surface area contributed by atoms with Gasteiger partial charge in [-0.2, -0.15) is 0 Å². The minimum Gasteiger partial charge on any atom is -0.384 e. The van der Waals surface area contributed by atoms with Gasteiger partial charge >= 0.3 is 0 Å². The van der Waals surface area contributed by atoms with Crippen molar-refractivity contribution in [3.8, 4) is 0 Å². The van der Waals surface area contributed by atoms with Gasteiger partial charge in [-0.15, -0.1) is 0 Å². The summed E-state index contributed by atoms with van der Waals surface area (Å²) in [6.45, 7) is 8.29. The summed E-state index contributed by atoms with van der Waals surface area (Å²) >= 11 is 0. The van der Waals surface area contributed by atoms with Crippen LogP contribution in [0.4, 0.5) is 0 Å². The molecule has 0 fully saturated rings. The third-order valence-corrected chi connectivity index (χ3v) is 1.77. The Hall–Kier alpha value is -0.790. The molecule has 0 aromatic heterocycles. The molecule has 2 heteroatoms. The van der Waals surface area contributed by atoms with Crippen molar-refractivity contribution in [2.75, 3.05) is 0 Å². The van der Waals surface area contributed by atoms with Gasteiger partial charge in [0.15, 0.2) is 0 Å². The van der Waals surface area contributed by atoms with Crippen molar-refractivity contribution in [2.45, 2.75) is 34.1 Å². The Labute approximate surface area is 69.2 Å². The van der Waals surface area contributed by atoms with Crippen LogP contribution in [0.5, 0.6) is 0 Å². The Balaban J connectivity index is 4.12. The second-order valence-electron chi connectivity index (χ2n) is 3.31. The first-order valence-corrected chi connectivity index (χ1v) is 3.99. The van der Waals surface area contributed by atoms with E-state index in [4.69, 9.17) is 5.73 Å². The molecule has 0 aliphatic carbocycles. The molecule has 0 saturated heterocycles. The van der Waals surface area contributed by atoms with Crippen LogP contribution in [-0.4, -0.2) is 6.21 Å². The van der Waals surface area contributed by atoms with Gasteiger partial charge in [0.05, 0.1) is 0 Å². The highest BCUT2D eigenvalue weighted by Gasteiger charge is 2.10. The van der Waals surface area contributed by atoms with Crippen LogP contribution in [0.15, 0.2) is 16.9 Å². The average molecular weight is 154 g/mol. The van der Waals surface area contributed by atoms with E-state index in [0.717, 1.165) is 6.42 Å². The highest BCUT2D eigenvalue weighted by molar-refractivity contribution is 5.65. The summed E-state index contributed by atoms with van der Waals surface area (Å²) in [5.41, 5.74) is 5.66. The Kier molecular flexibility index (Phi) is 3.86. The molecule has 2 N–H and O–H groups in total. The summed E-state index contributed by atoms with van der Waals surface area (Å²) in [5.74, 6) is 0.589. The first kappa shape index (κ1) is 10.2. The normalized spacial score (nSPS) is 14.4. The second kappa shape index (κ2) is 4.16. The minimum absolute atomic E-state index is 0.160. The Morgan fingerprint density at radius 1 is 1.55 bits per heavy atom. The van der Waals surface area contributed by atoms with Gasteiger partial charge in [-0.1, -0.05) is 20.8 Å². The van der Waals surface area contributed by atoms with E-state index in [1.54, 1.807) is 6.08 Å². The zero-order valence-corrected chi connectivity index (χ0v) is 7.89. The third kappa shape index (κ3) is 4.59. The average Bonchev–Trinajstić information content (AvgIpc) is 2.00. The predicted molar refractivity (Wildman–Crippen MR) is 50.5 cm³/mol. The topological polar surface area (TPSA) is 38.4 Å². The number of hydrogen-bond donors (Lipinski definition) is 1. The fourth-order valence-electron chi connectivity index (χ4n) is 0.415. The molecule has 0 spiro atoms. The van der Waals surface area contributed by atoms with E-state index in [1.165, 1.54) is 0 Å². The zero-order valence-electron chi connectivity index (χ0n) is 7.89. The van der Waals surface area contributed by atoms with Crippen LogP contribution in [-0.2, 0) is 0 Å². The maximum Gasteiger partial charge on any atom is 0.118 e. The molecule has 2 nitrogen and oxygen atoms in total. The largest absolute Gasteiger partial charge is 0.384 e. The fraction of sp³-hybridized carbons (Fsp3) is 0.667. The number of allylic oxidation sites excluding steroid dienone is 1. The van der Waals surface area contributed by atoms with Gasteiger partial charge in [0.25, 0.3) is 0 Å². The first-order chi connectivity index (χ1) is 5.02. The Morgan fingerprint density at radius 2 is 2.09 bits per heavy atom. The van der Waals surface area contributed by atoms with Gasteiger partial charge in [0.2, 0.25) is 0 Å². The van der Waals surface area contributed by atoms with Gasteiger partial charge in [-0.3, -0.25) is 0 Å². The SMILES string of the molecule is C/C=C(N)\N=C/C(C)(C)CC. The molecule has 0 atom stereocenters. The van der Waals surface area contributed by atoms with Crippen LogP contribution in [0.3, 0.4) is 0 Å². The summed E-state index contributed by atoms with van der Waals surface area (Å²) in [6.07, 6.45) is 4.78. The molecule has 11 heavy (non-hydrogen) atoms. The number of nitrogens with two attached hydrogens (primary N) is 1. The molecule has 0 amide bonds. The summed E-state index contributed by atoms with van der Waals surface area (Å²) < 4.78 is 0. The number of nitrogens with zero attached hydrogens (tertiary/aromatic N) is 1. The highest BCUT2D eigenvalue weighted by atomic mass is 14.9. The lowest BCUT2D eigenvalue weighted by molar-refractivity contribution is 0.515. The van der Waals surface area contributed by atoms with Crippen LogP contribution in [0.25, 0.3) is 0 Å². The van der Waals surface area contributed by atoms with Gasteiger partial charge in [-0.05, 0) is 24.8 Å². The van der Waals surface area contributed by atoms with Gasteiger partial charge in [0, 0.05) is 6.21 Å². The van der Waals surface area contributed by atoms with E-state index in [2.05, 4.69) is 25.8 Å². The van der Waals surface area contributed by atoms with Crippen molar-refractivity contribution in [3.63, 3.8) is 0 Å². The second-order valence-corrected chi connectivity index (χ2v) is 3.31. The van der Waals surface area contributed by atoms with Crippen molar-refractivity contribution in [1.29, 1.82) is 0 Å². The summed E-state index contributed by atoms with van der Waals surface area (Å²) in [5, 5.41) is 0. The molecule has 0 radical (unpaired) electrons. The number of rotatable bonds is 3. The summed E-state index contributed by atoms with van der Waals surface area (Å²) in [7, 11) is 0. The molecule has 0 aromatic carbocycles. The third-order valence-electron chi connectivity index (χ3n) is 1.77. The number of aliphatic imine (C=N–C) groups is 1. The molecule has 0 unspecified atom stereocenters. The maximum absolute atomic E-state index is 5.50. The lowest BCUT2D eigenvalue weighted by Crippen LogP contribution is -2.11. The molecule has 0 aliphatic rings. The van der Waals surface area contributed by atoms with Crippen molar-refractivity contribution >= 4 is 6.21 Å². The Morgan fingerprint density at radius 3 is 2.45 bits per heavy atom. The fourth-order valence-corrected chi connectivity index (χ4v) is 0.415. The molecule has 0 aliphatic heterocycles. The van der Waals surface area contributed by atoms with Crippen LogP contribution in [0, 0.1) is 5.41 Å². The molecule has 0 saturated carbocycles. The van der Waals surface area contributed by atoms with Crippen molar-refractivity contribution < 1.29 is 0 Å². The van der Waals surface area contributed by atoms with E-state index in [9.17, 15) is 0 Å². The standard InChI is InChI=1S/C9H18N2/c1-5-8(10)11-7-9(3,4)6-2/h5,7H,6,10H2,1-4H3/b8-5-,11-7-. The molecule has 0 rings (SSSR count). The van der Waals surface area contributed by atoms with Crippen LogP contribution >= 0.6 is 0 Å². The molecule has 64 valence electrons. The predicted octanol–water partition coefficient (Wildman–Crippen LogP) is 2.31. The van der Waals surface area contributed by atoms with Crippen LogP contribution in [0.2, 0.25) is 0 Å². The van der Waals surface area contributed by atoms with E-state index >= 15 is 0 Å². The summed E-state index contributed by atoms with van der Waals surface area (Å²) in [6, 6.07) is 0. The van der Waals surface area contributed by atoms with Crippen molar-refractivity contribution in [1.82, 2.24) is 0 Å². The quantitative estimate of drug-likeness (QED) is 0.622. The smallest absolute Gasteiger partial charge is 0.118 e. The summed E-state index contributed by atoms with van der Waals surface area (Å²) in [4.78, 5) is 4.10. The van der Waals surface area contributed by atoms with Crippen LogP contribution in [0.1, 0.15) is 34.1 Å². The molecule has 0 heterocycles. The number of hydrogen-bond acceptors (Lipinski definition) is 2. The van der Waals surface area contributed by atoms with E-state index in [-0.39, 0.29) is 5.41 Å². The molecular formula is C9H18N2. The molecule has 0 bridgehead atoms. The van der Waals surface area contributed by atoms with Gasteiger partial charge < -0.3 is 5.73 Å². The van der Waals surface area contributed by atoms with Crippen molar-refractivity contribution in [3.05, 3.63) is 11.9 Å². The maximum atomic E-state index is 5.50. The first-order valence-electron chi connectivity index (χ1n) is 3.99. The zero-order chi connectivity index (χ0) is 8.91. The van der Waals surface area contributed by atoms with Crippen LogP contribution < -0.4 is 5.73 Å². The lowest BCUT2D eigenvalue weighted by Gasteiger charge is -2.15. The lowest BCUT2D eigenvalue weighted by atomic mass is 9.92. The van der Waals surface area contributed by atoms with E-state index in [0.29, 0.717) is 5.82 Å². The minimum atomic E-state index is 0.160. The Bertz CT molecular complexity index is 166. The van der Waals surface area contributed by atoms with E-state index in [1.807, 2.05) is 13.1 Å². The monoisotopic (exact) mass is 154 g/mol. The molecular weight excluding hydrogens is 136 g/mol. The highest BCUT2D eigenvalue weighted by Crippen LogP contribution is 2.16. The molecule has 0 aromatic rings. The van der Waals surface area contributed by atoms with E-state index < -0.39 is 0 Å². The van der Waals surface area contributed by atoms with Gasteiger partial charge in [0.1, 0.15) is 5.82 Å². The van der Waals surface area contributed by atoms with Gasteiger partial charge in [-0.25, -0.2) is 4.99 Å². The van der Waals surface area contributed by atoms with Crippen molar-refractivity contribution in [2.24, 2.45) is 16.1 Å².